The number of halogens is 3. The fraction of sp³-hybridized carbons (Fsp3) is 0.611. The van der Waals surface area contributed by atoms with E-state index in [-0.39, 0.29) is 17.7 Å². The van der Waals surface area contributed by atoms with Crippen molar-refractivity contribution in [1.29, 1.82) is 0 Å². The van der Waals surface area contributed by atoms with Crippen LogP contribution in [0.2, 0.25) is 0 Å². The van der Waals surface area contributed by atoms with Crippen molar-refractivity contribution in [1.82, 2.24) is 5.32 Å². The molecule has 0 amide bonds. The Morgan fingerprint density at radius 3 is 2.09 bits per heavy atom. The molecule has 23 heavy (non-hydrogen) atoms. The van der Waals surface area contributed by atoms with Crippen LogP contribution in [0.3, 0.4) is 0 Å². The maximum atomic E-state index is 12.8. The van der Waals surface area contributed by atoms with E-state index in [0.29, 0.717) is 5.56 Å². The Bertz CT molecular complexity index is 551. The standard InChI is InChI=1S/C18H26F3NO/c1-16(2,3)15(23)14(22-17(4,5)6)11-12-8-7-9-13(10-12)18(19,20)21/h7-10,14,22H,11H2,1-6H3/t14-/m1/s1. The van der Waals surface area contributed by atoms with E-state index in [1.54, 1.807) is 6.07 Å². The van der Waals surface area contributed by atoms with Gasteiger partial charge in [-0.15, -0.1) is 0 Å². The summed E-state index contributed by atoms with van der Waals surface area (Å²) in [6, 6.07) is 4.64. The van der Waals surface area contributed by atoms with Crippen LogP contribution in [0.1, 0.15) is 52.7 Å². The highest BCUT2D eigenvalue weighted by Crippen LogP contribution is 2.30. The van der Waals surface area contributed by atoms with Crippen LogP contribution >= 0.6 is 0 Å². The molecule has 2 nitrogen and oxygen atoms in total. The first-order valence-corrected chi connectivity index (χ1v) is 7.68. The van der Waals surface area contributed by atoms with Crippen LogP contribution in [0.4, 0.5) is 13.2 Å². The second kappa shape index (κ2) is 6.63. The number of alkyl halides is 3. The van der Waals surface area contributed by atoms with Gasteiger partial charge in [-0.3, -0.25) is 4.79 Å². The molecule has 0 fully saturated rings. The summed E-state index contributed by atoms with van der Waals surface area (Å²) in [7, 11) is 0. The average molecular weight is 329 g/mol. The molecule has 0 aliphatic heterocycles. The number of ketones is 1. The number of carbonyl (C=O) groups is 1. The zero-order chi connectivity index (χ0) is 18.1. The molecule has 5 heteroatoms. The van der Waals surface area contributed by atoms with Gasteiger partial charge in [0.05, 0.1) is 11.6 Å². The summed E-state index contributed by atoms with van der Waals surface area (Å²) in [6.07, 6.45) is -4.14. The summed E-state index contributed by atoms with van der Waals surface area (Å²) >= 11 is 0. The summed E-state index contributed by atoms with van der Waals surface area (Å²) in [5.41, 5.74) is -1.07. The fourth-order valence-corrected chi connectivity index (χ4v) is 2.36. The monoisotopic (exact) mass is 329 g/mol. The fourth-order valence-electron chi connectivity index (χ4n) is 2.36. The minimum Gasteiger partial charge on any atom is -0.302 e. The number of benzene rings is 1. The Balaban J connectivity index is 3.09. The number of hydrogen-bond donors (Lipinski definition) is 1. The predicted octanol–water partition coefficient (Wildman–Crippen LogP) is 4.62. The van der Waals surface area contributed by atoms with E-state index < -0.39 is 23.2 Å². The largest absolute Gasteiger partial charge is 0.416 e. The van der Waals surface area contributed by atoms with Gasteiger partial charge in [0.25, 0.3) is 0 Å². The van der Waals surface area contributed by atoms with Crippen LogP contribution in [0.25, 0.3) is 0 Å². The van der Waals surface area contributed by atoms with Gasteiger partial charge < -0.3 is 5.32 Å². The molecule has 0 aliphatic rings. The lowest BCUT2D eigenvalue weighted by Crippen LogP contribution is -2.51. The van der Waals surface area contributed by atoms with Crippen LogP contribution < -0.4 is 5.32 Å². The lowest BCUT2D eigenvalue weighted by molar-refractivity contribution is -0.137. The first kappa shape index (κ1) is 19.7. The lowest BCUT2D eigenvalue weighted by Gasteiger charge is -2.32. The molecule has 1 aromatic rings. The Morgan fingerprint density at radius 2 is 1.65 bits per heavy atom. The van der Waals surface area contributed by atoms with Crippen molar-refractivity contribution in [3.05, 3.63) is 35.4 Å². The SMILES string of the molecule is CC(C)(C)N[C@H](Cc1cccc(C(F)(F)F)c1)C(=O)C(C)(C)C. The summed E-state index contributed by atoms with van der Waals surface area (Å²) < 4.78 is 38.5. The van der Waals surface area contributed by atoms with Crippen molar-refractivity contribution >= 4 is 5.78 Å². The molecule has 0 bridgehead atoms. The molecule has 1 rings (SSSR count). The number of rotatable bonds is 4. The molecule has 0 aromatic heterocycles. The van der Waals surface area contributed by atoms with E-state index in [1.807, 2.05) is 41.5 Å². The Labute approximate surface area is 136 Å². The molecule has 0 unspecified atom stereocenters. The maximum Gasteiger partial charge on any atom is 0.416 e. The smallest absolute Gasteiger partial charge is 0.302 e. The summed E-state index contributed by atoms with van der Waals surface area (Å²) in [5, 5.41) is 3.24. The lowest BCUT2D eigenvalue weighted by atomic mass is 9.83. The van der Waals surface area contributed by atoms with E-state index in [0.717, 1.165) is 12.1 Å². The van der Waals surface area contributed by atoms with Crippen LogP contribution in [0.15, 0.2) is 24.3 Å². The number of hydrogen-bond acceptors (Lipinski definition) is 2. The molecule has 0 saturated carbocycles. The Hall–Kier alpha value is -1.36. The third-order valence-electron chi connectivity index (χ3n) is 3.36. The van der Waals surface area contributed by atoms with Crippen molar-refractivity contribution in [2.75, 3.05) is 0 Å². The highest BCUT2D eigenvalue weighted by Gasteiger charge is 2.33. The molecular formula is C18H26F3NO. The minimum atomic E-state index is -4.38. The van der Waals surface area contributed by atoms with Crippen molar-refractivity contribution in [2.45, 2.75) is 65.7 Å². The van der Waals surface area contributed by atoms with Crippen molar-refractivity contribution in [3.63, 3.8) is 0 Å². The average Bonchev–Trinajstić information content (AvgIpc) is 2.33. The van der Waals surface area contributed by atoms with E-state index in [2.05, 4.69) is 5.32 Å². The van der Waals surface area contributed by atoms with E-state index >= 15 is 0 Å². The third-order valence-corrected chi connectivity index (χ3v) is 3.36. The zero-order valence-corrected chi connectivity index (χ0v) is 14.6. The number of nitrogens with one attached hydrogen (secondary N) is 1. The second-order valence-electron chi connectivity index (χ2n) is 7.96. The molecule has 0 radical (unpaired) electrons. The molecule has 0 spiro atoms. The summed E-state index contributed by atoms with van der Waals surface area (Å²) in [4.78, 5) is 12.6. The van der Waals surface area contributed by atoms with Gasteiger partial charge in [-0.05, 0) is 38.8 Å². The van der Waals surface area contributed by atoms with Crippen molar-refractivity contribution in [3.8, 4) is 0 Å². The molecule has 0 heterocycles. The van der Waals surface area contributed by atoms with Crippen LogP contribution in [-0.4, -0.2) is 17.4 Å². The quantitative estimate of drug-likeness (QED) is 0.873. The molecule has 1 atom stereocenters. The molecule has 1 N–H and O–H groups in total. The van der Waals surface area contributed by atoms with Gasteiger partial charge in [-0.2, -0.15) is 13.2 Å². The predicted molar refractivity (Wildman–Crippen MR) is 86.3 cm³/mol. The van der Waals surface area contributed by atoms with Crippen LogP contribution in [-0.2, 0) is 17.4 Å². The number of Topliss-reactive ketones (excluding diaryl/α,β-unsaturated/α-hetero) is 1. The van der Waals surface area contributed by atoms with Gasteiger partial charge >= 0.3 is 6.18 Å². The maximum absolute atomic E-state index is 12.8. The van der Waals surface area contributed by atoms with Crippen LogP contribution in [0.5, 0.6) is 0 Å². The Kier molecular flexibility index (Phi) is 5.68. The Morgan fingerprint density at radius 1 is 1.09 bits per heavy atom. The van der Waals surface area contributed by atoms with Gasteiger partial charge in [-0.1, -0.05) is 39.0 Å². The molecule has 0 saturated heterocycles. The highest BCUT2D eigenvalue weighted by atomic mass is 19.4. The van der Waals surface area contributed by atoms with E-state index in [4.69, 9.17) is 0 Å². The molecule has 1 aromatic carbocycles. The normalized spacial score (nSPS) is 14.7. The zero-order valence-electron chi connectivity index (χ0n) is 14.6. The van der Waals surface area contributed by atoms with E-state index in [1.165, 1.54) is 6.07 Å². The minimum absolute atomic E-state index is 0.00941. The van der Waals surface area contributed by atoms with E-state index in [9.17, 15) is 18.0 Å². The third kappa shape index (κ3) is 6.34. The van der Waals surface area contributed by atoms with Crippen LogP contribution in [0, 0.1) is 5.41 Å². The van der Waals surface area contributed by atoms with Gasteiger partial charge in [0.15, 0.2) is 5.78 Å². The summed E-state index contributed by atoms with van der Waals surface area (Å²) in [5.74, 6) is -0.00941. The number of carbonyl (C=O) groups excluding carboxylic acids is 1. The van der Waals surface area contributed by atoms with Crippen molar-refractivity contribution in [2.24, 2.45) is 5.41 Å². The van der Waals surface area contributed by atoms with Gasteiger partial charge in [0.2, 0.25) is 0 Å². The molecule has 130 valence electrons. The first-order valence-electron chi connectivity index (χ1n) is 7.68. The van der Waals surface area contributed by atoms with Gasteiger partial charge in [0, 0.05) is 11.0 Å². The first-order chi connectivity index (χ1) is 10.2. The van der Waals surface area contributed by atoms with Gasteiger partial charge in [0.1, 0.15) is 0 Å². The second-order valence-corrected chi connectivity index (χ2v) is 7.96. The molecular weight excluding hydrogens is 303 g/mol. The topological polar surface area (TPSA) is 29.1 Å². The van der Waals surface area contributed by atoms with Gasteiger partial charge in [-0.25, -0.2) is 0 Å². The molecule has 0 aliphatic carbocycles. The highest BCUT2D eigenvalue weighted by molar-refractivity contribution is 5.89. The van der Waals surface area contributed by atoms with Crippen molar-refractivity contribution < 1.29 is 18.0 Å². The summed E-state index contributed by atoms with van der Waals surface area (Å²) in [6.45, 7) is 11.3.